The molecule has 0 atom stereocenters. The standard InChI is InChI=1S/C20H20F3N3O/c21-20(22,23)17-5-3-4-15(12-17)7-9-19(27)25-14-16-6-8-18(24-13-16)26-10-1-2-11-26/h3-9,12-13H,1-2,10-11,14H2,(H,25,27)/b9-7+. The third kappa shape index (κ3) is 5.32. The van der Waals surface area contributed by atoms with E-state index in [1.807, 2.05) is 12.1 Å². The highest BCUT2D eigenvalue weighted by Crippen LogP contribution is 2.29. The van der Waals surface area contributed by atoms with Crippen LogP contribution >= 0.6 is 0 Å². The fourth-order valence-electron chi connectivity index (χ4n) is 2.89. The van der Waals surface area contributed by atoms with Crippen molar-refractivity contribution >= 4 is 17.8 Å². The molecule has 1 fully saturated rings. The van der Waals surface area contributed by atoms with Gasteiger partial charge in [-0.15, -0.1) is 0 Å². The van der Waals surface area contributed by atoms with Crippen molar-refractivity contribution in [3.8, 4) is 0 Å². The summed E-state index contributed by atoms with van der Waals surface area (Å²) < 4.78 is 38.1. The van der Waals surface area contributed by atoms with Crippen LogP contribution in [0.25, 0.3) is 6.08 Å². The zero-order valence-electron chi connectivity index (χ0n) is 14.7. The van der Waals surface area contributed by atoms with Gasteiger partial charge in [-0.3, -0.25) is 4.79 Å². The normalized spacial score (nSPS) is 14.7. The molecule has 3 rings (SSSR count). The molecule has 27 heavy (non-hydrogen) atoms. The number of amides is 1. The van der Waals surface area contributed by atoms with Crippen LogP contribution < -0.4 is 10.2 Å². The number of halogens is 3. The van der Waals surface area contributed by atoms with Gasteiger partial charge in [-0.05, 0) is 48.2 Å². The Labute approximate surface area is 155 Å². The first-order valence-corrected chi connectivity index (χ1v) is 8.75. The Hall–Kier alpha value is -2.83. The fraction of sp³-hybridized carbons (Fsp3) is 0.300. The number of pyridine rings is 1. The number of carbonyl (C=O) groups is 1. The van der Waals surface area contributed by atoms with Gasteiger partial charge in [-0.2, -0.15) is 13.2 Å². The van der Waals surface area contributed by atoms with Crippen LogP contribution in [0, 0.1) is 0 Å². The molecule has 0 unspecified atom stereocenters. The smallest absolute Gasteiger partial charge is 0.357 e. The van der Waals surface area contributed by atoms with Crippen molar-refractivity contribution in [2.45, 2.75) is 25.6 Å². The van der Waals surface area contributed by atoms with E-state index >= 15 is 0 Å². The van der Waals surface area contributed by atoms with Crippen LogP contribution in [0.5, 0.6) is 0 Å². The van der Waals surface area contributed by atoms with E-state index in [1.165, 1.54) is 37.1 Å². The van der Waals surface area contributed by atoms with Crippen molar-refractivity contribution in [3.63, 3.8) is 0 Å². The van der Waals surface area contributed by atoms with Gasteiger partial charge < -0.3 is 10.2 Å². The number of hydrogen-bond donors (Lipinski definition) is 1. The molecule has 1 aromatic carbocycles. The van der Waals surface area contributed by atoms with E-state index in [4.69, 9.17) is 0 Å². The van der Waals surface area contributed by atoms with Gasteiger partial charge in [0.1, 0.15) is 5.82 Å². The van der Waals surface area contributed by atoms with Gasteiger partial charge in [0, 0.05) is 31.9 Å². The molecule has 4 nitrogen and oxygen atoms in total. The minimum absolute atomic E-state index is 0.305. The maximum atomic E-state index is 12.7. The lowest BCUT2D eigenvalue weighted by Crippen LogP contribution is -2.21. The van der Waals surface area contributed by atoms with Crippen LogP contribution in [0.4, 0.5) is 19.0 Å². The minimum Gasteiger partial charge on any atom is -0.357 e. The average molecular weight is 375 g/mol. The van der Waals surface area contributed by atoms with Crippen molar-refractivity contribution in [1.82, 2.24) is 10.3 Å². The van der Waals surface area contributed by atoms with Gasteiger partial charge in [-0.25, -0.2) is 4.98 Å². The van der Waals surface area contributed by atoms with Crippen molar-refractivity contribution < 1.29 is 18.0 Å². The average Bonchev–Trinajstić information content (AvgIpc) is 3.19. The van der Waals surface area contributed by atoms with Crippen LogP contribution in [0.3, 0.4) is 0 Å². The second-order valence-electron chi connectivity index (χ2n) is 6.39. The predicted molar refractivity (Wildman–Crippen MR) is 98.0 cm³/mol. The molecule has 0 aliphatic carbocycles. The largest absolute Gasteiger partial charge is 0.416 e. The summed E-state index contributed by atoms with van der Waals surface area (Å²) in [4.78, 5) is 18.5. The highest BCUT2D eigenvalue weighted by molar-refractivity contribution is 5.91. The summed E-state index contributed by atoms with van der Waals surface area (Å²) in [6.07, 6.45) is 2.26. The lowest BCUT2D eigenvalue weighted by molar-refractivity contribution is -0.137. The fourth-order valence-corrected chi connectivity index (χ4v) is 2.89. The number of rotatable bonds is 5. The Balaban J connectivity index is 1.53. The topological polar surface area (TPSA) is 45.2 Å². The second kappa shape index (κ2) is 8.24. The molecular weight excluding hydrogens is 355 g/mol. The zero-order valence-corrected chi connectivity index (χ0v) is 14.7. The first-order chi connectivity index (χ1) is 12.9. The van der Waals surface area contributed by atoms with Crippen molar-refractivity contribution in [2.75, 3.05) is 18.0 Å². The molecule has 7 heteroatoms. The van der Waals surface area contributed by atoms with E-state index in [1.54, 1.807) is 6.20 Å². The summed E-state index contributed by atoms with van der Waals surface area (Å²) >= 11 is 0. The summed E-state index contributed by atoms with van der Waals surface area (Å²) in [7, 11) is 0. The first kappa shape index (κ1) is 18.9. The minimum atomic E-state index is -4.40. The first-order valence-electron chi connectivity index (χ1n) is 8.75. The quantitative estimate of drug-likeness (QED) is 0.803. The Morgan fingerprint density at radius 2 is 1.96 bits per heavy atom. The van der Waals surface area contributed by atoms with Crippen LogP contribution in [-0.2, 0) is 17.5 Å². The van der Waals surface area contributed by atoms with Crippen LogP contribution in [0.1, 0.15) is 29.5 Å². The van der Waals surface area contributed by atoms with E-state index in [9.17, 15) is 18.0 Å². The van der Waals surface area contributed by atoms with Gasteiger partial charge in [0.15, 0.2) is 0 Å². The number of benzene rings is 1. The number of hydrogen-bond acceptors (Lipinski definition) is 3. The summed E-state index contributed by atoms with van der Waals surface area (Å²) in [5, 5.41) is 2.70. The van der Waals surface area contributed by atoms with E-state index < -0.39 is 11.7 Å². The van der Waals surface area contributed by atoms with Crippen LogP contribution in [-0.4, -0.2) is 24.0 Å². The molecule has 1 amide bonds. The number of alkyl halides is 3. The Kier molecular flexibility index (Phi) is 5.78. The molecule has 0 saturated carbocycles. The summed E-state index contributed by atoms with van der Waals surface area (Å²) in [5.41, 5.74) is 0.435. The molecular formula is C20H20F3N3O. The number of carbonyl (C=O) groups excluding carboxylic acids is 1. The van der Waals surface area contributed by atoms with Gasteiger partial charge in [0.2, 0.25) is 5.91 Å². The van der Waals surface area contributed by atoms with Gasteiger partial charge in [0.25, 0.3) is 0 Å². The number of aromatic nitrogens is 1. The second-order valence-corrected chi connectivity index (χ2v) is 6.39. The monoisotopic (exact) mass is 375 g/mol. The third-order valence-corrected chi connectivity index (χ3v) is 4.35. The summed E-state index contributed by atoms with van der Waals surface area (Å²) in [6, 6.07) is 8.68. The highest BCUT2D eigenvalue weighted by atomic mass is 19.4. The Bertz CT molecular complexity index is 810. The summed E-state index contributed by atoms with van der Waals surface area (Å²) in [5.74, 6) is 0.558. The maximum absolute atomic E-state index is 12.7. The zero-order chi connectivity index (χ0) is 19.3. The van der Waals surface area contributed by atoms with Crippen molar-refractivity contribution in [3.05, 3.63) is 65.4 Å². The molecule has 2 aromatic rings. The van der Waals surface area contributed by atoms with Gasteiger partial charge in [0.05, 0.1) is 5.56 Å². The van der Waals surface area contributed by atoms with E-state index in [0.29, 0.717) is 12.1 Å². The van der Waals surface area contributed by atoms with Gasteiger partial charge in [-0.1, -0.05) is 18.2 Å². The van der Waals surface area contributed by atoms with Crippen LogP contribution in [0.2, 0.25) is 0 Å². The van der Waals surface area contributed by atoms with Gasteiger partial charge >= 0.3 is 6.18 Å². The summed E-state index contributed by atoms with van der Waals surface area (Å²) in [6.45, 7) is 2.34. The molecule has 0 spiro atoms. The molecule has 1 aromatic heterocycles. The number of anilines is 1. The predicted octanol–water partition coefficient (Wildman–Crippen LogP) is 4.03. The molecule has 2 heterocycles. The highest BCUT2D eigenvalue weighted by Gasteiger charge is 2.30. The lowest BCUT2D eigenvalue weighted by atomic mass is 10.1. The SMILES string of the molecule is O=C(/C=C/c1cccc(C(F)(F)F)c1)NCc1ccc(N2CCCC2)nc1. The van der Waals surface area contributed by atoms with Crippen molar-refractivity contribution in [2.24, 2.45) is 0 Å². The van der Waals surface area contributed by atoms with E-state index in [-0.39, 0.29) is 5.91 Å². The Morgan fingerprint density at radius 1 is 1.19 bits per heavy atom. The molecule has 0 bridgehead atoms. The van der Waals surface area contributed by atoms with Crippen molar-refractivity contribution in [1.29, 1.82) is 0 Å². The molecule has 142 valence electrons. The molecule has 0 radical (unpaired) electrons. The molecule has 1 aliphatic heterocycles. The van der Waals surface area contributed by atoms with Crippen LogP contribution in [0.15, 0.2) is 48.7 Å². The Morgan fingerprint density at radius 3 is 2.63 bits per heavy atom. The van der Waals surface area contributed by atoms with E-state index in [0.717, 1.165) is 36.6 Å². The number of nitrogens with zero attached hydrogens (tertiary/aromatic N) is 2. The maximum Gasteiger partial charge on any atom is 0.416 e. The molecule has 1 aliphatic rings. The molecule has 1 saturated heterocycles. The lowest BCUT2D eigenvalue weighted by Gasteiger charge is -2.16. The molecule has 1 N–H and O–H groups in total. The van der Waals surface area contributed by atoms with E-state index in [2.05, 4.69) is 15.2 Å². The number of nitrogens with one attached hydrogen (secondary N) is 1. The third-order valence-electron chi connectivity index (χ3n) is 4.35.